The Labute approximate surface area is 187 Å². The summed E-state index contributed by atoms with van der Waals surface area (Å²) >= 11 is 0. The first-order valence-electron chi connectivity index (χ1n) is 10.2. The number of carbonyl (C=O) groups is 1. The molecule has 3 aromatic rings. The van der Waals surface area contributed by atoms with E-state index < -0.39 is 29.2 Å². The molecule has 10 heteroatoms. The van der Waals surface area contributed by atoms with Gasteiger partial charge in [-0.25, -0.2) is 13.8 Å². The van der Waals surface area contributed by atoms with Crippen LogP contribution in [0, 0.1) is 28.9 Å². The van der Waals surface area contributed by atoms with E-state index in [1.807, 2.05) is 0 Å². The van der Waals surface area contributed by atoms with Gasteiger partial charge in [0.25, 0.3) is 5.91 Å². The lowest BCUT2D eigenvalue weighted by molar-refractivity contribution is 0.0698. The van der Waals surface area contributed by atoms with Crippen LogP contribution in [0.5, 0.6) is 5.75 Å². The van der Waals surface area contributed by atoms with E-state index in [1.54, 1.807) is 6.07 Å². The maximum atomic E-state index is 15.6. The van der Waals surface area contributed by atoms with Gasteiger partial charge < -0.3 is 15.4 Å². The van der Waals surface area contributed by atoms with E-state index in [9.17, 15) is 13.6 Å². The van der Waals surface area contributed by atoms with Crippen LogP contribution in [0.25, 0.3) is 17.1 Å². The molecule has 0 aliphatic carbocycles. The fraction of sp³-hybridized carbons (Fsp3) is 0.261. The van der Waals surface area contributed by atoms with Crippen LogP contribution in [-0.2, 0) is 0 Å². The molecule has 1 atom stereocenters. The molecule has 1 fully saturated rings. The van der Waals surface area contributed by atoms with Gasteiger partial charge in [0.15, 0.2) is 17.3 Å². The van der Waals surface area contributed by atoms with Crippen molar-refractivity contribution in [3.8, 4) is 28.9 Å². The van der Waals surface area contributed by atoms with Gasteiger partial charge in [0.2, 0.25) is 5.95 Å². The molecule has 2 N–H and O–H groups in total. The number of methoxy groups -OCH3 is 1. The van der Waals surface area contributed by atoms with E-state index >= 15 is 4.39 Å². The zero-order valence-corrected chi connectivity index (χ0v) is 17.7. The van der Waals surface area contributed by atoms with Gasteiger partial charge in [0.05, 0.1) is 18.4 Å². The maximum Gasteiger partial charge on any atom is 0.277 e. The quantitative estimate of drug-likeness (QED) is 0.651. The van der Waals surface area contributed by atoms with Crippen molar-refractivity contribution < 1.29 is 22.7 Å². The number of benzene rings is 2. The monoisotopic (exact) mass is 455 g/mol. The average molecular weight is 455 g/mol. The van der Waals surface area contributed by atoms with Crippen molar-refractivity contribution in [2.75, 3.05) is 20.2 Å². The SMILES string of the molecule is COc1ccc(-n2c(-c3ccc(C#N)c(F)c3)nc(C(=O)N3CCC[C@H](N)C3)c2F)cc1F. The lowest BCUT2D eigenvalue weighted by atomic mass is 10.1. The molecule has 1 saturated heterocycles. The van der Waals surface area contributed by atoms with Crippen LogP contribution >= 0.6 is 0 Å². The average Bonchev–Trinajstić information content (AvgIpc) is 3.15. The number of nitriles is 1. The van der Waals surface area contributed by atoms with Crippen LogP contribution in [0.3, 0.4) is 0 Å². The van der Waals surface area contributed by atoms with Gasteiger partial charge in [-0.15, -0.1) is 0 Å². The number of hydrogen-bond acceptors (Lipinski definition) is 5. The van der Waals surface area contributed by atoms with Gasteiger partial charge in [-0.2, -0.15) is 9.65 Å². The molecule has 33 heavy (non-hydrogen) atoms. The summed E-state index contributed by atoms with van der Waals surface area (Å²) < 4.78 is 50.2. The Kier molecular flexibility index (Phi) is 6.07. The smallest absolute Gasteiger partial charge is 0.277 e. The Morgan fingerprint density at radius 3 is 2.64 bits per heavy atom. The van der Waals surface area contributed by atoms with E-state index in [-0.39, 0.29) is 41.0 Å². The normalized spacial score (nSPS) is 15.9. The van der Waals surface area contributed by atoms with Crippen molar-refractivity contribution in [2.45, 2.75) is 18.9 Å². The molecule has 0 unspecified atom stereocenters. The van der Waals surface area contributed by atoms with Crippen LogP contribution in [0.1, 0.15) is 28.9 Å². The van der Waals surface area contributed by atoms with Crippen molar-refractivity contribution >= 4 is 5.91 Å². The minimum atomic E-state index is -1.02. The molecule has 1 aliphatic heterocycles. The zero-order chi connectivity index (χ0) is 23.7. The number of hydrogen-bond donors (Lipinski definition) is 1. The van der Waals surface area contributed by atoms with E-state index in [1.165, 1.54) is 36.3 Å². The fourth-order valence-corrected chi connectivity index (χ4v) is 3.85. The van der Waals surface area contributed by atoms with E-state index in [0.717, 1.165) is 23.1 Å². The topological polar surface area (TPSA) is 97.2 Å². The second-order valence-electron chi connectivity index (χ2n) is 7.69. The summed E-state index contributed by atoms with van der Waals surface area (Å²) in [5.74, 6) is -3.45. The number of carbonyl (C=O) groups excluding carboxylic acids is 1. The number of piperidine rings is 1. The third-order valence-corrected chi connectivity index (χ3v) is 5.51. The lowest BCUT2D eigenvalue weighted by Gasteiger charge is -2.30. The largest absolute Gasteiger partial charge is 0.494 e. The Morgan fingerprint density at radius 2 is 2.00 bits per heavy atom. The fourth-order valence-electron chi connectivity index (χ4n) is 3.85. The summed E-state index contributed by atoms with van der Waals surface area (Å²) in [5.41, 5.74) is 5.39. The van der Waals surface area contributed by atoms with E-state index in [4.69, 9.17) is 15.7 Å². The van der Waals surface area contributed by atoms with Gasteiger partial charge >= 0.3 is 0 Å². The standard InChI is InChI=1S/C23H20F3N5O2/c1-33-19-7-6-16(10-18(19)25)31-21(26)20(23(32)30-8-2-3-15(28)12-30)29-22(31)13-4-5-14(11-27)17(24)9-13/h4-7,9-10,15H,2-3,8,12,28H2,1H3/t15-/m0/s1. The molecule has 2 aromatic carbocycles. The van der Waals surface area contributed by atoms with Gasteiger partial charge in [0.1, 0.15) is 17.7 Å². The minimum absolute atomic E-state index is 0.0208. The Balaban J connectivity index is 1.88. The van der Waals surface area contributed by atoms with Crippen LogP contribution in [0.15, 0.2) is 36.4 Å². The molecule has 0 saturated carbocycles. The highest BCUT2D eigenvalue weighted by molar-refractivity contribution is 5.93. The highest BCUT2D eigenvalue weighted by Crippen LogP contribution is 2.30. The number of amides is 1. The number of aromatic nitrogens is 2. The lowest BCUT2D eigenvalue weighted by Crippen LogP contribution is -2.46. The molecule has 170 valence electrons. The summed E-state index contributed by atoms with van der Waals surface area (Å²) in [5, 5.41) is 8.99. The molecule has 4 rings (SSSR count). The number of imidazole rings is 1. The number of halogens is 3. The van der Waals surface area contributed by atoms with E-state index in [0.29, 0.717) is 13.0 Å². The molecule has 1 aromatic heterocycles. The minimum Gasteiger partial charge on any atom is -0.494 e. The van der Waals surface area contributed by atoms with Crippen molar-refractivity contribution in [1.82, 2.24) is 14.5 Å². The highest BCUT2D eigenvalue weighted by atomic mass is 19.1. The summed E-state index contributed by atoms with van der Waals surface area (Å²) in [6.45, 7) is 0.653. The van der Waals surface area contributed by atoms with Crippen molar-refractivity contribution in [3.63, 3.8) is 0 Å². The van der Waals surface area contributed by atoms with Crippen LogP contribution in [0.4, 0.5) is 13.2 Å². The second-order valence-corrected chi connectivity index (χ2v) is 7.69. The number of nitrogens with two attached hydrogens (primary N) is 1. The summed E-state index contributed by atoms with van der Waals surface area (Å²) in [7, 11) is 1.29. The number of rotatable bonds is 4. The summed E-state index contributed by atoms with van der Waals surface area (Å²) in [6, 6.07) is 8.82. The maximum absolute atomic E-state index is 15.6. The molecule has 0 bridgehead atoms. The van der Waals surface area contributed by atoms with Crippen LogP contribution < -0.4 is 10.5 Å². The van der Waals surface area contributed by atoms with Crippen LogP contribution in [0.2, 0.25) is 0 Å². The first-order chi connectivity index (χ1) is 15.8. The van der Waals surface area contributed by atoms with Gasteiger partial charge in [0, 0.05) is 30.8 Å². The van der Waals surface area contributed by atoms with Gasteiger partial charge in [-0.1, -0.05) is 0 Å². The summed E-state index contributed by atoms with van der Waals surface area (Å²) in [6.07, 6.45) is 1.42. The van der Waals surface area contributed by atoms with Crippen molar-refractivity contribution in [2.24, 2.45) is 5.73 Å². The third kappa shape index (κ3) is 4.15. The Morgan fingerprint density at radius 1 is 1.21 bits per heavy atom. The Hall–Kier alpha value is -3.84. The van der Waals surface area contributed by atoms with Crippen molar-refractivity contribution in [1.29, 1.82) is 5.26 Å². The molecule has 1 aliphatic rings. The van der Waals surface area contributed by atoms with E-state index in [2.05, 4.69) is 4.98 Å². The second kappa shape index (κ2) is 8.96. The molecule has 0 radical (unpaired) electrons. The predicted molar refractivity (Wildman–Crippen MR) is 113 cm³/mol. The van der Waals surface area contributed by atoms with Gasteiger partial charge in [-0.05, 0) is 43.2 Å². The first-order valence-corrected chi connectivity index (χ1v) is 10.2. The molecule has 2 heterocycles. The first kappa shape index (κ1) is 22.4. The number of likely N-dealkylation sites (tertiary alicyclic amines) is 1. The highest BCUT2D eigenvalue weighted by Gasteiger charge is 2.30. The summed E-state index contributed by atoms with van der Waals surface area (Å²) in [4.78, 5) is 18.7. The molecule has 1 amide bonds. The molecule has 7 nitrogen and oxygen atoms in total. The number of ether oxygens (including phenoxy) is 1. The van der Waals surface area contributed by atoms with Gasteiger partial charge in [-0.3, -0.25) is 9.36 Å². The zero-order valence-electron chi connectivity index (χ0n) is 17.7. The number of nitrogens with zero attached hydrogens (tertiary/aromatic N) is 4. The van der Waals surface area contributed by atoms with Crippen LogP contribution in [-0.4, -0.2) is 46.6 Å². The Bertz CT molecular complexity index is 1270. The molecular weight excluding hydrogens is 435 g/mol. The third-order valence-electron chi connectivity index (χ3n) is 5.51. The predicted octanol–water partition coefficient (Wildman–Crippen LogP) is 3.40. The van der Waals surface area contributed by atoms with Crippen molar-refractivity contribution in [3.05, 3.63) is 65.2 Å². The molecular formula is C23H20F3N5O2. The molecule has 0 spiro atoms.